The van der Waals surface area contributed by atoms with Gasteiger partial charge in [0.2, 0.25) is 0 Å². The predicted molar refractivity (Wildman–Crippen MR) is 80.3 cm³/mol. The minimum atomic E-state index is -0.932. The molecule has 0 saturated heterocycles. The van der Waals surface area contributed by atoms with Crippen molar-refractivity contribution in [2.75, 3.05) is 6.61 Å². The zero-order chi connectivity index (χ0) is 16.9. The van der Waals surface area contributed by atoms with E-state index in [0.29, 0.717) is 24.8 Å². The van der Waals surface area contributed by atoms with Gasteiger partial charge in [-0.25, -0.2) is 4.79 Å². The Kier molecular flexibility index (Phi) is 3.84. The predicted octanol–water partition coefficient (Wildman–Crippen LogP) is 1.03. The highest BCUT2D eigenvalue weighted by Gasteiger charge is 2.57. The zero-order valence-corrected chi connectivity index (χ0v) is 13.1. The van der Waals surface area contributed by atoms with Gasteiger partial charge in [-0.1, -0.05) is 19.1 Å². The molecule has 0 aromatic carbocycles. The van der Waals surface area contributed by atoms with Crippen LogP contribution in [0.2, 0.25) is 0 Å². The lowest BCUT2D eigenvalue weighted by atomic mass is 9.53. The number of carboxylic acid groups (broad SMARTS) is 1. The fourth-order valence-corrected chi connectivity index (χ4v) is 4.56. The normalized spacial score (nSPS) is 39.8. The number of ether oxygens (including phenoxy) is 1. The summed E-state index contributed by atoms with van der Waals surface area (Å²) in [6.07, 6.45) is 0.319. The van der Waals surface area contributed by atoms with E-state index >= 15 is 0 Å². The highest BCUT2D eigenvalue weighted by atomic mass is 16.6. The Labute approximate surface area is 134 Å². The molecule has 3 N–H and O–H groups in total. The largest absolute Gasteiger partial charge is 0.481 e. The summed E-state index contributed by atoms with van der Waals surface area (Å²) in [6.45, 7) is 5.69. The summed E-state index contributed by atoms with van der Waals surface area (Å²) >= 11 is 0. The van der Waals surface area contributed by atoms with Crippen molar-refractivity contribution in [2.45, 2.75) is 44.8 Å². The van der Waals surface area contributed by atoms with Crippen molar-refractivity contribution in [3.63, 3.8) is 0 Å². The molecule has 2 fully saturated rings. The van der Waals surface area contributed by atoms with Gasteiger partial charge in [-0.15, -0.1) is 0 Å². The van der Waals surface area contributed by atoms with Crippen LogP contribution in [0.1, 0.15) is 32.6 Å². The molecule has 0 spiro atoms. The van der Waals surface area contributed by atoms with Crippen LogP contribution in [0, 0.1) is 17.3 Å². The average Bonchev–Trinajstić information content (AvgIpc) is 2.79. The van der Waals surface area contributed by atoms with E-state index in [4.69, 9.17) is 9.84 Å². The molecule has 3 rings (SSSR count). The number of hydrogen-bond donors (Lipinski definition) is 3. The monoisotopic (exact) mass is 322 g/mol. The number of carboxylic acids is 1. The Balaban J connectivity index is 1.99. The van der Waals surface area contributed by atoms with Gasteiger partial charge in [0, 0.05) is 11.3 Å². The Morgan fingerprint density at radius 3 is 2.78 bits per heavy atom. The second-order valence-electron chi connectivity index (χ2n) is 7.09. The van der Waals surface area contributed by atoms with Crippen LogP contribution in [0.15, 0.2) is 23.3 Å². The summed E-state index contributed by atoms with van der Waals surface area (Å²) < 4.78 is 5.48. The fourth-order valence-electron chi connectivity index (χ4n) is 4.56. The molecule has 0 aromatic heterocycles. The molecule has 0 amide bonds. The topological polar surface area (TPSA) is 104 Å². The maximum absolute atomic E-state index is 12.0. The van der Waals surface area contributed by atoms with Gasteiger partial charge >= 0.3 is 11.9 Å². The molecule has 0 radical (unpaired) electrons. The second-order valence-corrected chi connectivity index (χ2v) is 7.09. The van der Waals surface area contributed by atoms with Crippen molar-refractivity contribution in [3.05, 3.63) is 23.3 Å². The molecule has 5 atom stereocenters. The van der Waals surface area contributed by atoms with Gasteiger partial charge in [-0.05, 0) is 30.8 Å². The lowest BCUT2D eigenvalue weighted by molar-refractivity contribution is -0.151. The number of carbonyl (C=O) groups excluding carboxylic acids is 1. The Bertz CT molecular complexity index is 606. The zero-order valence-electron chi connectivity index (χ0n) is 13.1. The van der Waals surface area contributed by atoms with E-state index in [1.54, 1.807) is 0 Å². The van der Waals surface area contributed by atoms with Gasteiger partial charge in [0.05, 0.1) is 24.7 Å². The second kappa shape index (κ2) is 5.46. The van der Waals surface area contributed by atoms with Crippen LogP contribution in [0.4, 0.5) is 0 Å². The molecule has 1 heterocycles. The molecule has 126 valence electrons. The van der Waals surface area contributed by atoms with Gasteiger partial charge in [-0.2, -0.15) is 0 Å². The van der Waals surface area contributed by atoms with Crippen LogP contribution in [0.25, 0.3) is 0 Å². The lowest BCUT2D eigenvalue weighted by Crippen LogP contribution is -2.54. The fraction of sp³-hybridized carbons (Fsp3) is 0.647. The van der Waals surface area contributed by atoms with Gasteiger partial charge in [0.15, 0.2) is 0 Å². The number of esters is 1. The quantitative estimate of drug-likeness (QED) is 0.529. The molecule has 1 aliphatic heterocycles. The first-order valence-electron chi connectivity index (χ1n) is 7.92. The van der Waals surface area contributed by atoms with E-state index in [-0.39, 0.29) is 24.9 Å². The third kappa shape index (κ3) is 2.32. The van der Waals surface area contributed by atoms with Crippen LogP contribution in [-0.4, -0.2) is 46.1 Å². The van der Waals surface area contributed by atoms with Crippen LogP contribution >= 0.6 is 0 Å². The number of rotatable bonds is 3. The minimum absolute atomic E-state index is 0.0882. The molecule has 6 nitrogen and oxygen atoms in total. The Hall–Kier alpha value is -1.66. The molecule has 6 heteroatoms. The Morgan fingerprint density at radius 1 is 1.48 bits per heavy atom. The molecule has 2 saturated carbocycles. The summed E-state index contributed by atoms with van der Waals surface area (Å²) in [4.78, 5) is 23.1. The first-order valence-corrected chi connectivity index (χ1v) is 7.92. The van der Waals surface area contributed by atoms with E-state index in [2.05, 4.69) is 6.58 Å². The van der Waals surface area contributed by atoms with Crippen LogP contribution in [0.3, 0.4) is 0 Å². The maximum Gasteiger partial charge on any atom is 0.337 e. The van der Waals surface area contributed by atoms with Crippen molar-refractivity contribution in [3.8, 4) is 0 Å². The van der Waals surface area contributed by atoms with Crippen molar-refractivity contribution >= 4 is 11.9 Å². The number of aliphatic hydroxyl groups is 2. The van der Waals surface area contributed by atoms with Gasteiger partial charge in [0.25, 0.3) is 0 Å². The average molecular weight is 322 g/mol. The van der Waals surface area contributed by atoms with E-state index in [0.717, 1.165) is 11.1 Å². The lowest BCUT2D eigenvalue weighted by Gasteiger charge is -2.53. The smallest absolute Gasteiger partial charge is 0.337 e. The van der Waals surface area contributed by atoms with Gasteiger partial charge in [-0.3, -0.25) is 4.79 Å². The molecule has 23 heavy (non-hydrogen) atoms. The molecule has 2 aliphatic carbocycles. The minimum Gasteiger partial charge on any atom is -0.481 e. The summed E-state index contributed by atoms with van der Waals surface area (Å²) in [6, 6.07) is 0. The Morgan fingerprint density at radius 2 is 2.17 bits per heavy atom. The van der Waals surface area contributed by atoms with E-state index in [1.165, 1.54) is 0 Å². The summed E-state index contributed by atoms with van der Waals surface area (Å²) in [5, 5.41) is 29.1. The standard InChI is InChI=1S/C17H22O6/c1-8-9(6-13(20)21)5-12(19)17(2)4-3-10-11(7-18)16(22)23-15(10)14(8)17/h9,12,14-15,18-19H,1,3-7H2,2H3,(H,20,21)/t9-,12-,14-,15+,17+/m1/s1. The summed E-state index contributed by atoms with van der Waals surface area (Å²) in [5.74, 6) is -2.10. The molecule has 0 unspecified atom stereocenters. The van der Waals surface area contributed by atoms with Crippen molar-refractivity contribution in [2.24, 2.45) is 17.3 Å². The molecule has 0 aromatic rings. The molecular formula is C17H22O6. The summed E-state index contributed by atoms with van der Waals surface area (Å²) in [5.41, 5.74) is 1.32. The highest BCUT2D eigenvalue weighted by Crippen LogP contribution is 2.57. The number of aliphatic hydroxyl groups excluding tert-OH is 2. The molecular weight excluding hydrogens is 300 g/mol. The van der Waals surface area contributed by atoms with Gasteiger partial charge in [0.1, 0.15) is 6.10 Å². The first kappa shape index (κ1) is 16.2. The van der Waals surface area contributed by atoms with E-state index < -0.39 is 29.6 Å². The number of fused-ring (bicyclic) bond motifs is 3. The number of hydrogen-bond acceptors (Lipinski definition) is 5. The first-order chi connectivity index (χ1) is 10.8. The molecule has 0 bridgehead atoms. The maximum atomic E-state index is 12.0. The molecule has 3 aliphatic rings. The number of carbonyl (C=O) groups is 2. The summed E-state index contributed by atoms with van der Waals surface area (Å²) in [7, 11) is 0. The van der Waals surface area contributed by atoms with Crippen LogP contribution in [-0.2, 0) is 14.3 Å². The van der Waals surface area contributed by atoms with E-state index in [1.807, 2.05) is 6.92 Å². The third-order valence-corrected chi connectivity index (χ3v) is 5.93. The van der Waals surface area contributed by atoms with Crippen molar-refractivity contribution in [1.82, 2.24) is 0 Å². The van der Waals surface area contributed by atoms with Gasteiger partial charge < -0.3 is 20.1 Å². The number of aliphatic carboxylic acids is 1. The SMILES string of the molecule is C=C1[C@@H](CC(=O)O)C[C@@H](O)[C@]2(C)CCC3=C(CO)C(=O)O[C@@H]3[C@@H]12. The van der Waals surface area contributed by atoms with Crippen molar-refractivity contribution in [1.29, 1.82) is 0 Å². The van der Waals surface area contributed by atoms with Crippen molar-refractivity contribution < 1.29 is 29.6 Å². The van der Waals surface area contributed by atoms with Crippen LogP contribution in [0.5, 0.6) is 0 Å². The van der Waals surface area contributed by atoms with E-state index in [9.17, 15) is 19.8 Å². The highest BCUT2D eigenvalue weighted by molar-refractivity contribution is 5.92. The van der Waals surface area contributed by atoms with Crippen LogP contribution < -0.4 is 0 Å². The third-order valence-electron chi connectivity index (χ3n) is 5.93.